The Morgan fingerprint density at radius 3 is 2.44 bits per heavy atom. The van der Waals surface area contributed by atoms with Crippen LogP contribution < -0.4 is 4.72 Å². The highest BCUT2D eigenvalue weighted by Gasteiger charge is 2.31. The third kappa shape index (κ3) is 3.58. The molecule has 4 nitrogen and oxygen atoms in total. The number of nitrogens with zero attached hydrogens (tertiary/aromatic N) is 1. The van der Waals surface area contributed by atoms with Crippen molar-refractivity contribution < 1.29 is 21.6 Å². The molecule has 0 unspecified atom stereocenters. The number of thiazole rings is 1. The summed E-state index contributed by atoms with van der Waals surface area (Å²) in [6, 6.07) is 0. The van der Waals surface area contributed by atoms with Crippen molar-refractivity contribution in [3.8, 4) is 0 Å². The quantitative estimate of drug-likeness (QED) is 0.927. The van der Waals surface area contributed by atoms with Crippen molar-refractivity contribution in [2.24, 2.45) is 0 Å². The molecule has 0 amide bonds. The van der Waals surface area contributed by atoms with Crippen LogP contribution in [0.2, 0.25) is 4.47 Å². The molecule has 0 fully saturated rings. The van der Waals surface area contributed by atoms with Crippen molar-refractivity contribution in [3.63, 3.8) is 0 Å². The van der Waals surface area contributed by atoms with Gasteiger partial charge in [0.05, 0.1) is 5.69 Å². The molecular weight excluding hydrogens is 289 g/mol. The molecule has 0 saturated heterocycles. The van der Waals surface area contributed by atoms with E-state index in [9.17, 15) is 21.6 Å². The van der Waals surface area contributed by atoms with Gasteiger partial charge in [0.25, 0.3) is 10.0 Å². The standard InChI is InChI=1S/C6H6ClF3N2O2S2/c1-3-4(15-5(7)12-3)16(13,14)11-2-6(8,9)10/h11H,2H2,1H3. The van der Waals surface area contributed by atoms with Crippen molar-refractivity contribution in [2.75, 3.05) is 6.54 Å². The van der Waals surface area contributed by atoms with E-state index in [4.69, 9.17) is 11.6 Å². The minimum Gasteiger partial charge on any atom is -0.229 e. The molecule has 92 valence electrons. The molecule has 16 heavy (non-hydrogen) atoms. The zero-order valence-corrected chi connectivity index (χ0v) is 10.2. The van der Waals surface area contributed by atoms with Gasteiger partial charge >= 0.3 is 6.18 Å². The summed E-state index contributed by atoms with van der Waals surface area (Å²) in [4.78, 5) is 3.61. The lowest BCUT2D eigenvalue weighted by Crippen LogP contribution is -2.33. The normalized spacial score (nSPS) is 13.1. The SMILES string of the molecule is Cc1nc(Cl)sc1S(=O)(=O)NCC(F)(F)F. The minimum atomic E-state index is -4.60. The molecule has 0 aliphatic carbocycles. The van der Waals surface area contributed by atoms with Gasteiger partial charge in [-0.1, -0.05) is 22.9 Å². The number of alkyl halides is 3. The van der Waals surface area contributed by atoms with Gasteiger partial charge in [-0.25, -0.2) is 18.1 Å². The van der Waals surface area contributed by atoms with Gasteiger partial charge in [0, 0.05) is 0 Å². The van der Waals surface area contributed by atoms with Crippen LogP contribution in [0.4, 0.5) is 13.2 Å². The maximum Gasteiger partial charge on any atom is 0.402 e. The number of sulfonamides is 1. The summed E-state index contributed by atoms with van der Waals surface area (Å²) < 4.78 is 59.4. The van der Waals surface area contributed by atoms with Gasteiger partial charge in [0.2, 0.25) is 0 Å². The number of hydrogen-bond donors (Lipinski definition) is 1. The molecule has 0 aliphatic rings. The maximum absolute atomic E-state index is 11.8. The number of nitrogens with one attached hydrogen (secondary N) is 1. The van der Waals surface area contributed by atoms with Crippen LogP contribution in [0.3, 0.4) is 0 Å². The summed E-state index contributed by atoms with van der Waals surface area (Å²) in [7, 11) is -4.20. The Morgan fingerprint density at radius 2 is 2.06 bits per heavy atom. The average Bonchev–Trinajstić information content (AvgIpc) is 2.42. The first kappa shape index (κ1) is 13.7. The molecule has 0 radical (unpaired) electrons. The van der Waals surface area contributed by atoms with E-state index in [0.717, 1.165) is 0 Å². The third-order valence-corrected chi connectivity index (χ3v) is 4.71. The zero-order chi connectivity index (χ0) is 12.6. The molecular formula is C6H6ClF3N2O2S2. The van der Waals surface area contributed by atoms with Gasteiger partial charge in [0.1, 0.15) is 6.54 Å². The van der Waals surface area contributed by atoms with E-state index in [1.54, 1.807) is 0 Å². The molecule has 1 N–H and O–H groups in total. The smallest absolute Gasteiger partial charge is 0.229 e. The van der Waals surface area contributed by atoms with E-state index < -0.39 is 22.7 Å². The number of hydrogen-bond acceptors (Lipinski definition) is 4. The van der Waals surface area contributed by atoms with Crippen LogP contribution in [-0.2, 0) is 10.0 Å². The predicted octanol–water partition coefficient (Wildman–Crippen LogP) is 1.95. The monoisotopic (exact) mass is 294 g/mol. The predicted molar refractivity (Wildman–Crippen MR) is 53.1 cm³/mol. The summed E-state index contributed by atoms with van der Waals surface area (Å²) >= 11 is 6.06. The third-order valence-electron chi connectivity index (χ3n) is 1.43. The van der Waals surface area contributed by atoms with E-state index in [-0.39, 0.29) is 14.4 Å². The van der Waals surface area contributed by atoms with Crippen LogP contribution in [-0.4, -0.2) is 26.1 Å². The first-order valence-corrected chi connectivity index (χ1v) is 6.49. The Morgan fingerprint density at radius 1 is 1.50 bits per heavy atom. The Kier molecular flexibility index (Phi) is 3.83. The number of halogens is 4. The highest BCUT2D eigenvalue weighted by atomic mass is 35.5. The number of aryl methyl sites for hydroxylation is 1. The Labute approximate surface area is 98.5 Å². The van der Waals surface area contributed by atoms with Crippen LogP contribution in [0.15, 0.2) is 4.21 Å². The molecule has 10 heteroatoms. The van der Waals surface area contributed by atoms with Crippen molar-refractivity contribution in [1.82, 2.24) is 9.71 Å². The molecule has 1 aromatic heterocycles. The summed E-state index contributed by atoms with van der Waals surface area (Å²) in [5.41, 5.74) is 0.0738. The van der Waals surface area contributed by atoms with E-state index in [1.165, 1.54) is 11.6 Å². The average molecular weight is 295 g/mol. The van der Waals surface area contributed by atoms with Gasteiger partial charge in [-0.15, -0.1) is 0 Å². The van der Waals surface area contributed by atoms with Crippen LogP contribution in [0.1, 0.15) is 5.69 Å². The van der Waals surface area contributed by atoms with Crippen molar-refractivity contribution in [2.45, 2.75) is 17.3 Å². The van der Waals surface area contributed by atoms with E-state index >= 15 is 0 Å². The second-order valence-electron chi connectivity index (χ2n) is 2.78. The van der Waals surface area contributed by atoms with Gasteiger partial charge in [-0.2, -0.15) is 13.2 Å². The van der Waals surface area contributed by atoms with Crippen LogP contribution in [0, 0.1) is 6.92 Å². The lowest BCUT2D eigenvalue weighted by atomic mass is 10.6. The van der Waals surface area contributed by atoms with Crippen LogP contribution in [0.5, 0.6) is 0 Å². The Bertz CT molecular complexity index is 482. The molecule has 0 spiro atoms. The van der Waals surface area contributed by atoms with Crippen molar-refractivity contribution in [1.29, 1.82) is 0 Å². The fraction of sp³-hybridized carbons (Fsp3) is 0.500. The van der Waals surface area contributed by atoms with E-state index in [0.29, 0.717) is 11.3 Å². The van der Waals surface area contributed by atoms with E-state index in [1.807, 2.05) is 0 Å². The van der Waals surface area contributed by atoms with Gasteiger partial charge < -0.3 is 0 Å². The minimum absolute atomic E-state index is 0.0371. The second kappa shape index (κ2) is 4.47. The molecule has 0 saturated carbocycles. The highest BCUT2D eigenvalue weighted by Crippen LogP contribution is 2.26. The largest absolute Gasteiger partial charge is 0.402 e. The summed E-state index contributed by atoms with van der Waals surface area (Å²) in [6.07, 6.45) is -4.60. The van der Waals surface area contributed by atoms with Crippen molar-refractivity contribution in [3.05, 3.63) is 10.2 Å². The van der Waals surface area contributed by atoms with Crippen LogP contribution >= 0.6 is 22.9 Å². The number of aromatic nitrogens is 1. The molecule has 1 heterocycles. The molecule has 0 aliphatic heterocycles. The van der Waals surface area contributed by atoms with Crippen molar-refractivity contribution >= 4 is 33.0 Å². The summed E-state index contributed by atoms with van der Waals surface area (Å²) in [5, 5.41) is 0. The molecule has 0 bridgehead atoms. The fourth-order valence-corrected chi connectivity index (χ4v) is 3.64. The Balaban J connectivity index is 2.91. The first-order chi connectivity index (χ1) is 7.12. The van der Waals surface area contributed by atoms with Gasteiger partial charge in [-0.3, -0.25) is 0 Å². The van der Waals surface area contributed by atoms with Gasteiger partial charge in [0.15, 0.2) is 8.68 Å². The lowest BCUT2D eigenvalue weighted by molar-refractivity contribution is -0.121. The summed E-state index contributed by atoms with van der Waals surface area (Å²) in [5.74, 6) is 0. The fourth-order valence-electron chi connectivity index (χ4n) is 0.842. The molecule has 1 rings (SSSR count). The highest BCUT2D eigenvalue weighted by molar-refractivity contribution is 7.91. The maximum atomic E-state index is 11.8. The molecule has 0 aromatic carbocycles. The molecule has 1 aromatic rings. The zero-order valence-electron chi connectivity index (χ0n) is 7.80. The van der Waals surface area contributed by atoms with E-state index in [2.05, 4.69) is 4.98 Å². The molecule has 0 atom stereocenters. The lowest BCUT2D eigenvalue weighted by Gasteiger charge is -2.07. The van der Waals surface area contributed by atoms with Crippen LogP contribution in [0.25, 0.3) is 0 Å². The Hall–Kier alpha value is -0.380. The summed E-state index contributed by atoms with van der Waals surface area (Å²) in [6.45, 7) is -0.269. The topological polar surface area (TPSA) is 59.1 Å². The second-order valence-corrected chi connectivity index (χ2v) is 6.32. The first-order valence-electron chi connectivity index (χ1n) is 3.81. The number of rotatable bonds is 3. The van der Waals surface area contributed by atoms with Gasteiger partial charge in [-0.05, 0) is 6.92 Å².